The minimum Gasteiger partial charge on any atom is -0.450 e. The number of anilines is 1. The molecular weight excluding hydrogens is 452 g/mol. The van der Waals surface area contributed by atoms with Gasteiger partial charge in [-0.15, -0.1) is 0 Å². The zero-order valence-corrected chi connectivity index (χ0v) is 18.8. The third-order valence-electron chi connectivity index (χ3n) is 5.12. The molecule has 0 bridgehead atoms. The second-order valence-corrected chi connectivity index (χ2v) is 9.03. The van der Waals surface area contributed by atoms with Crippen molar-refractivity contribution in [1.29, 1.82) is 0 Å². The number of rotatable bonds is 7. The maximum atomic E-state index is 13.3. The molecule has 11 nitrogen and oxygen atoms in total. The third kappa shape index (κ3) is 5.58. The molecule has 2 aromatic rings. The molecule has 2 aromatic carbocycles. The average molecular weight is 477 g/mol. The Labute approximate surface area is 191 Å². The van der Waals surface area contributed by atoms with E-state index in [1.165, 1.54) is 46.2 Å². The zero-order chi connectivity index (χ0) is 24.0. The average Bonchev–Trinajstić information content (AvgIpc) is 2.83. The molecule has 0 aromatic heterocycles. The fraction of sp³-hybridized carbons (Fsp3) is 0.333. The predicted molar refractivity (Wildman–Crippen MR) is 119 cm³/mol. The van der Waals surface area contributed by atoms with Gasteiger partial charge in [0.1, 0.15) is 6.54 Å². The first kappa shape index (κ1) is 24.0. The van der Waals surface area contributed by atoms with Gasteiger partial charge in [-0.3, -0.25) is 19.2 Å². The summed E-state index contributed by atoms with van der Waals surface area (Å²) in [5, 5.41) is 11.0. The highest BCUT2D eigenvalue weighted by Crippen LogP contribution is 2.26. The lowest BCUT2D eigenvalue weighted by Gasteiger charge is -2.35. The summed E-state index contributed by atoms with van der Waals surface area (Å²) in [7, 11) is -4.12. The lowest BCUT2D eigenvalue weighted by molar-refractivity contribution is -0.384. The highest BCUT2D eigenvalue weighted by Gasteiger charge is 2.31. The molecule has 1 aliphatic rings. The van der Waals surface area contributed by atoms with Crippen LogP contribution in [0, 0.1) is 10.1 Å². The molecule has 1 heterocycles. The molecule has 12 heteroatoms. The molecule has 0 saturated carbocycles. The Hall–Kier alpha value is -3.67. The molecule has 1 fully saturated rings. The minimum absolute atomic E-state index is 0.0108. The van der Waals surface area contributed by atoms with Gasteiger partial charge in [0.15, 0.2) is 0 Å². The number of nitro groups is 1. The van der Waals surface area contributed by atoms with E-state index in [2.05, 4.69) is 0 Å². The maximum absolute atomic E-state index is 13.3. The summed E-state index contributed by atoms with van der Waals surface area (Å²) in [6.45, 7) is 2.47. The molecule has 0 aliphatic carbocycles. The van der Waals surface area contributed by atoms with Crippen molar-refractivity contribution in [3.8, 4) is 0 Å². The Bertz CT molecular complexity index is 1100. The van der Waals surface area contributed by atoms with E-state index in [1.807, 2.05) is 0 Å². The van der Waals surface area contributed by atoms with Gasteiger partial charge in [-0.1, -0.05) is 18.2 Å². The van der Waals surface area contributed by atoms with E-state index in [0.29, 0.717) is 0 Å². The Morgan fingerprint density at radius 1 is 1.00 bits per heavy atom. The predicted octanol–water partition coefficient (Wildman–Crippen LogP) is 2.09. The van der Waals surface area contributed by atoms with Crippen LogP contribution in [0.2, 0.25) is 0 Å². The van der Waals surface area contributed by atoms with Crippen molar-refractivity contribution in [1.82, 2.24) is 9.80 Å². The Balaban J connectivity index is 1.82. The van der Waals surface area contributed by atoms with Gasteiger partial charge in [0.2, 0.25) is 5.91 Å². The van der Waals surface area contributed by atoms with Crippen molar-refractivity contribution in [3.05, 3.63) is 64.7 Å². The Morgan fingerprint density at radius 2 is 1.58 bits per heavy atom. The Morgan fingerprint density at radius 3 is 2.12 bits per heavy atom. The molecule has 1 aliphatic heterocycles. The number of carbonyl (C=O) groups excluding carboxylic acids is 2. The molecule has 176 valence electrons. The molecule has 0 N–H and O–H groups in total. The van der Waals surface area contributed by atoms with Crippen LogP contribution in [0.25, 0.3) is 0 Å². The molecule has 0 unspecified atom stereocenters. The number of amides is 2. The Kier molecular flexibility index (Phi) is 7.48. The molecule has 0 atom stereocenters. The fourth-order valence-corrected chi connectivity index (χ4v) is 4.79. The van der Waals surface area contributed by atoms with Crippen LogP contribution in [0.15, 0.2) is 59.5 Å². The second kappa shape index (κ2) is 10.3. The minimum atomic E-state index is -4.12. The number of ether oxygens (including phenoxy) is 1. The normalized spacial score (nSPS) is 14.0. The van der Waals surface area contributed by atoms with Gasteiger partial charge in [-0.25, -0.2) is 13.2 Å². The topological polar surface area (TPSA) is 130 Å². The van der Waals surface area contributed by atoms with Gasteiger partial charge >= 0.3 is 6.09 Å². The van der Waals surface area contributed by atoms with Gasteiger partial charge in [0, 0.05) is 38.3 Å². The van der Waals surface area contributed by atoms with Crippen LogP contribution in [0.3, 0.4) is 0 Å². The lowest BCUT2D eigenvalue weighted by atomic mass is 10.2. The van der Waals surface area contributed by atoms with E-state index in [0.717, 1.165) is 4.31 Å². The summed E-state index contributed by atoms with van der Waals surface area (Å²) in [4.78, 5) is 38.2. The number of hydrogen-bond acceptors (Lipinski definition) is 7. The van der Waals surface area contributed by atoms with Crippen LogP contribution < -0.4 is 4.31 Å². The van der Waals surface area contributed by atoms with Crippen LogP contribution in [0.1, 0.15) is 6.92 Å². The van der Waals surface area contributed by atoms with Crippen LogP contribution in [-0.2, 0) is 19.6 Å². The summed E-state index contributed by atoms with van der Waals surface area (Å²) in [5.74, 6) is -0.448. The van der Waals surface area contributed by atoms with Gasteiger partial charge in [-0.05, 0) is 31.2 Å². The van der Waals surface area contributed by atoms with Crippen molar-refractivity contribution in [3.63, 3.8) is 0 Å². The number of carbonyl (C=O) groups is 2. The SMILES string of the molecule is CCOC(=O)N1CCN(C(=O)CN(c2ccc([N+](=O)[O-])cc2)S(=O)(=O)c2ccccc2)CC1. The van der Waals surface area contributed by atoms with Gasteiger partial charge in [-0.2, -0.15) is 0 Å². The molecule has 2 amide bonds. The quantitative estimate of drug-likeness (QED) is 0.442. The van der Waals surface area contributed by atoms with Crippen molar-refractivity contribution in [2.45, 2.75) is 11.8 Å². The maximum Gasteiger partial charge on any atom is 0.409 e. The standard InChI is InChI=1S/C21H24N4O7S/c1-2-32-21(27)23-14-12-22(13-15-23)20(26)16-24(17-8-10-18(11-9-17)25(28)29)33(30,31)19-6-4-3-5-7-19/h3-11H,2,12-16H2,1H3. The molecular formula is C21H24N4O7S. The first-order valence-electron chi connectivity index (χ1n) is 10.3. The van der Waals surface area contributed by atoms with Crippen molar-refractivity contribution >= 4 is 33.4 Å². The van der Waals surface area contributed by atoms with Crippen LogP contribution in [0.5, 0.6) is 0 Å². The van der Waals surface area contributed by atoms with Crippen molar-refractivity contribution in [2.24, 2.45) is 0 Å². The van der Waals surface area contributed by atoms with E-state index in [4.69, 9.17) is 4.74 Å². The number of piperazine rings is 1. The number of non-ortho nitro benzene ring substituents is 1. The number of hydrogen-bond donors (Lipinski definition) is 0. The highest BCUT2D eigenvalue weighted by atomic mass is 32.2. The molecule has 3 rings (SSSR count). The number of nitro benzene ring substituents is 1. The first-order chi connectivity index (χ1) is 15.7. The monoisotopic (exact) mass is 476 g/mol. The smallest absolute Gasteiger partial charge is 0.409 e. The molecule has 1 saturated heterocycles. The summed E-state index contributed by atoms with van der Waals surface area (Å²) in [6.07, 6.45) is -0.455. The number of sulfonamides is 1. The largest absolute Gasteiger partial charge is 0.450 e. The van der Waals surface area contributed by atoms with Crippen LogP contribution in [0.4, 0.5) is 16.2 Å². The number of benzene rings is 2. The summed E-state index contributed by atoms with van der Waals surface area (Å²) in [5.41, 5.74) is -0.0693. The summed E-state index contributed by atoms with van der Waals surface area (Å²) in [6, 6.07) is 12.6. The lowest BCUT2D eigenvalue weighted by Crippen LogP contribution is -2.53. The summed E-state index contributed by atoms with van der Waals surface area (Å²) >= 11 is 0. The highest BCUT2D eigenvalue weighted by molar-refractivity contribution is 7.92. The van der Waals surface area contributed by atoms with Crippen molar-refractivity contribution < 1.29 is 27.7 Å². The van der Waals surface area contributed by atoms with E-state index in [-0.39, 0.29) is 49.1 Å². The van der Waals surface area contributed by atoms with Crippen molar-refractivity contribution in [2.75, 3.05) is 43.6 Å². The third-order valence-corrected chi connectivity index (χ3v) is 6.91. The number of nitrogens with zero attached hydrogens (tertiary/aromatic N) is 4. The van der Waals surface area contributed by atoms with Gasteiger partial charge < -0.3 is 14.5 Å². The molecule has 0 radical (unpaired) electrons. The van der Waals surface area contributed by atoms with Gasteiger partial charge in [0.25, 0.3) is 15.7 Å². The fourth-order valence-electron chi connectivity index (χ4n) is 3.35. The van der Waals surface area contributed by atoms with E-state index in [9.17, 15) is 28.1 Å². The van der Waals surface area contributed by atoms with E-state index >= 15 is 0 Å². The first-order valence-corrected chi connectivity index (χ1v) is 11.7. The summed E-state index contributed by atoms with van der Waals surface area (Å²) < 4.78 is 32.6. The van der Waals surface area contributed by atoms with E-state index in [1.54, 1.807) is 25.1 Å². The molecule has 33 heavy (non-hydrogen) atoms. The zero-order valence-electron chi connectivity index (χ0n) is 18.0. The van der Waals surface area contributed by atoms with Crippen LogP contribution >= 0.6 is 0 Å². The van der Waals surface area contributed by atoms with Crippen LogP contribution in [-0.4, -0.2) is 74.5 Å². The second-order valence-electron chi connectivity index (χ2n) is 7.16. The molecule has 0 spiro atoms. The van der Waals surface area contributed by atoms with Gasteiger partial charge in [0.05, 0.1) is 22.1 Å². The van der Waals surface area contributed by atoms with E-state index < -0.39 is 33.5 Å².